The summed E-state index contributed by atoms with van der Waals surface area (Å²) in [6, 6.07) is 11.7. The zero-order chi connectivity index (χ0) is 14.4. The molecule has 1 aromatic carbocycles. The Bertz CT molecular complexity index is 537. The molecule has 0 bridgehead atoms. The molecule has 0 aliphatic carbocycles. The lowest BCUT2D eigenvalue weighted by Gasteiger charge is -2.09. The van der Waals surface area contributed by atoms with Crippen LogP contribution in [-0.2, 0) is 6.54 Å². The Kier molecular flexibility index (Phi) is 5.65. The van der Waals surface area contributed by atoms with Crippen LogP contribution >= 0.6 is 11.6 Å². The van der Waals surface area contributed by atoms with Crippen molar-refractivity contribution in [2.24, 2.45) is 0 Å². The van der Waals surface area contributed by atoms with E-state index in [2.05, 4.69) is 24.3 Å². The van der Waals surface area contributed by atoms with Gasteiger partial charge in [-0.3, -0.25) is 0 Å². The highest BCUT2D eigenvalue weighted by Crippen LogP contribution is 2.24. The van der Waals surface area contributed by atoms with Crippen LogP contribution in [0.25, 0.3) is 11.3 Å². The van der Waals surface area contributed by atoms with Gasteiger partial charge in [0.1, 0.15) is 11.5 Å². The standard InChI is InChI=1S/C16H21ClN2O/c1-19(2)10-4-9-18-12-15-7-8-16(20-15)13-5-3-6-14(17)11-13/h3,5-8,11,18H,4,9-10,12H2,1-2H3. The van der Waals surface area contributed by atoms with E-state index in [-0.39, 0.29) is 0 Å². The van der Waals surface area contributed by atoms with Crippen LogP contribution in [0.5, 0.6) is 0 Å². The second-order valence-electron chi connectivity index (χ2n) is 5.11. The molecule has 0 spiro atoms. The molecule has 0 atom stereocenters. The number of nitrogens with one attached hydrogen (secondary N) is 1. The molecule has 0 aliphatic rings. The van der Waals surface area contributed by atoms with Gasteiger partial charge in [-0.15, -0.1) is 0 Å². The Morgan fingerprint density at radius 1 is 1.20 bits per heavy atom. The van der Waals surface area contributed by atoms with Crippen molar-refractivity contribution >= 4 is 11.6 Å². The number of halogens is 1. The molecule has 1 aromatic heterocycles. The van der Waals surface area contributed by atoms with E-state index in [1.54, 1.807) is 0 Å². The molecule has 0 fully saturated rings. The van der Waals surface area contributed by atoms with Crippen LogP contribution < -0.4 is 5.32 Å². The molecular weight excluding hydrogens is 272 g/mol. The molecule has 0 amide bonds. The molecule has 1 heterocycles. The molecule has 0 unspecified atom stereocenters. The third-order valence-corrected chi connectivity index (χ3v) is 3.26. The largest absolute Gasteiger partial charge is 0.460 e. The predicted octanol–water partition coefficient (Wildman–Crippen LogP) is 3.64. The average molecular weight is 293 g/mol. The molecule has 1 N–H and O–H groups in total. The summed E-state index contributed by atoms with van der Waals surface area (Å²) in [6.45, 7) is 2.85. The zero-order valence-corrected chi connectivity index (χ0v) is 12.8. The van der Waals surface area contributed by atoms with Gasteiger partial charge in [-0.2, -0.15) is 0 Å². The Morgan fingerprint density at radius 3 is 2.80 bits per heavy atom. The second-order valence-corrected chi connectivity index (χ2v) is 5.55. The molecule has 108 valence electrons. The van der Waals surface area contributed by atoms with Crippen LogP contribution in [0.4, 0.5) is 0 Å². The van der Waals surface area contributed by atoms with Crippen LogP contribution in [0.3, 0.4) is 0 Å². The van der Waals surface area contributed by atoms with E-state index in [1.165, 1.54) is 0 Å². The van der Waals surface area contributed by atoms with Crippen molar-refractivity contribution in [1.82, 2.24) is 10.2 Å². The first-order valence-corrected chi connectivity index (χ1v) is 7.23. The Balaban J connectivity index is 1.83. The first kappa shape index (κ1) is 15.1. The number of furan rings is 1. The fraction of sp³-hybridized carbons (Fsp3) is 0.375. The van der Waals surface area contributed by atoms with Crippen LogP contribution in [0.1, 0.15) is 12.2 Å². The molecule has 0 saturated heterocycles. The van der Waals surface area contributed by atoms with Gasteiger partial charge in [0.15, 0.2) is 0 Å². The SMILES string of the molecule is CN(C)CCCNCc1ccc(-c2cccc(Cl)c2)o1. The molecule has 4 heteroatoms. The third kappa shape index (κ3) is 4.67. The Labute approximate surface area is 125 Å². The van der Waals surface area contributed by atoms with Crippen molar-refractivity contribution in [3.63, 3.8) is 0 Å². The van der Waals surface area contributed by atoms with E-state index < -0.39 is 0 Å². The maximum atomic E-state index is 5.99. The topological polar surface area (TPSA) is 28.4 Å². The van der Waals surface area contributed by atoms with Gasteiger partial charge >= 0.3 is 0 Å². The summed E-state index contributed by atoms with van der Waals surface area (Å²) in [5.41, 5.74) is 1.01. The highest BCUT2D eigenvalue weighted by atomic mass is 35.5. The first-order valence-electron chi connectivity index (χ1n) is 6.85. The predicted molar refractivity (Wildman–Crippen MR) is 84.0 cm³/mol. The van der Waals surface area contributed by atoms with E-state index in [1.807, 2.05) is 36.4 Å². The molecule has 2 rings (SSSR count). The lowest BCUT2D eigenvalue weighted by atomic mass is 10.2. The van der Waals surface area contributed by atoms with Gasteiger partial charge in [-0.25, -0.2) is 0 Å². The lowest BCUT2D eigenvalue weighted by molar-refractivity contribution is 0.391. The minimum absolute atomic E-state index is 0.724. The van der Waals surface area contributed by atoms with Gasteiger partial charge in [0.25, 0.3) is 0 Å². The van der Waals surface area contributed by atoms with E-state index in [4.69, 9.17) is 16.0 Å². The molecule has 0 aliphatic heterocycles. The fourth-order valence-electron chi connectivity index (χ4n) is 2.00. The summed E-state index contributed by atoms with van der Waals surface area (Å²) in [5, 5.41) is 4.11. The molecule has 20 heavy (non-hydrogen) atoms. The summed E-state index contributed by atoms with van der Waals surface area (Å²) in [5.74, 6) is 1.81. The zero-order valence-electron chi connectivity index (χ0n) is 12.0. The van der Waals surface area contributed by atoms with Gasteiger partial charge in [-0.05, 0) is 57.9 Å². The van der Waals surface area contributed by atoms with Crippen LogP contribution in [-0.4, -0.2) is 32.1 Å². The van der Waals surface area contributed by atoms with Gasteiger partial charge in [0.05, 0.1) is 6.54 Å². The molecule has 3 nitrogen and oxygen atoms in total. The van der Waals surface area contributed by atoms with Crippen molar-refractivity contribution in [2.75, 3.05) is 27.2 Å². The van der Waals surface area contributed by atoms with Gasteiger partial charge in [-0.1, -0.05) is 23.7 Å². The number of rotatable bonds is 7. The van der Waals surface area contributed by atoms with Gasteiger partial charge in [0, 0.05) is 10.6 Å². The minimum atomic E-state index is 0.724. The summed E-state index contributed by atoms with van der Waals surface area (Å²) in [4.78, 5) is 2.19. The number of benzene rings is 1. The van der Waals surface area contributed by atoms with E-state index in [0.29, 0.717) is 0 Å². The van der Waals surface area contributed by atoms with E-state index >= 15 is 0 Å². The first-order chi connectivity index (χ1) is 9.65. The fourth-order valence-corrected chi connectivity index (χ4v) is 2.19. The van der Waals surface area contributed by atoms with E-state index in [0.717, 1.165) is 48.2 Å². The molecular formula is C16H21ClN2O. The maximum absolute atomic E-state index is 5.99. The average Bonchev–Trinajstić information content (AvgIpc) is 2.87. The highest BCUT2D eigenvalue weighted by molar-refractivity contribution is 6.30. The molecule has 0 saturated carbocycles. The number of hydrogen-bond donors (Lipinski definition) is 1. The number of nitrogens with zero attached hydrogens (tertiary/aromatic N) is 1. The quantitative estimate of drug-likeness (QED) is 0.790. The van der Waals surface area contributed by atoms with Crippen molar-refractivity contribution in [1.29, 1.82) is 0 Å². The van der Waals surface area contributed by atoms with Crippen molar-refractivity contribution in [3.8, 4) is 11.3 Å². The van der Waals surface area contributed by atoms with Gasteiger partial charge < -0.3 is 14.6 Å². The third-order valence-electron chi connectivity index (χ3n) is 3.03. The lowest BCUT2D eigenvalue weighted by Crippen LogP contribution is -2.20. The summed E-state index contributed by atoms with van der Waals surface area (Å²) in [7, 11) is 4.17. The summed E-state index contributed by atoms with van der Waals surface area (Å²) < 4.78 is 5.82. The normalized spacial score (nSPS) is 11.2. The second kappa shape index (κ2) is 7.48. The smallest absolute Gasteiger partial charge is 0.134 e. The summed E-state index contributed by atoms with van der Waals surface area (Å²) >= 11 is 5.99. The van der Waals surface area contributed by atoms with Crippen molar-refractivity contribution in [3.05, 3.63) is 47.2 Å². The maximum Gasteiger partial charge on any atom is 0.134 e. The monoisotopic (exact) mass is 292 g/mol. The van der Waals surface area contributed by atoms with Crippen molar-refractivity contribution in [2.45, 2.75) is 13.0 Å². The van der Waals surface area contributed by atoms with Gasteiger partial charge in [0.2, 0.25) is 0 Å². The Hall–Kier alpha value is -1.29. The van der Waals surface area contributed by atoms with E-state index in [9.17, 15) is 0 Å². The summed E-state index contributed by atoms with van der Waals surface area (Å²) in [6.07, 6.45) is 1.13. The van der Waals surface area contributed by atoms with Crippen LogP contribution in [0, 0.1) is 0 Å². The molecule has 2 aromatic rings. The van der Waals surface area contributed by atoms with Crippen molar-refractivity contribution < 1.29 is 4.42 Å². The molecule has 0 radical (unpaired) electrons. The van der Waals surface area contributed by atoms with Crippen LogP contribution in [0.15, 0.2) is 40.8 Å². The Morgan fingerprint density at radius 2 is 2.05 bits per heavy atom. The minimum Gasteiger partial charge on any atom is -0.460 e. The highest BCUT2D eigenvalue weighted by Gasteiger charge is 2.05. The number of hydrogen-bond acceptors (Lipinski definition) is 3. The van der Waals surface area contributed by atoms with Crippen LogP contribution in [0.2, 0.25) is 5.02 Å².